The Bertz CT molecular complexity index is 722. The number of carboxylic acids is 1. The van der Waals surface area contributed by atoms with Crippen LogP contribution >= 0.6 is 34.7 Å². The molecule has 0 aliphatic heterocycles. The maximum Gasteiger partial charge on any atom is 0.308 e. The molecule has 0 spiro atoms. The first-order valence-electron chi connectivity index (χ1n) is 5.99. The number of carbonyl (C=O) groups is 1. The van der Waals surface area contributed by atoms with E-state index in [-0.39, 0.29) is 6.42 Å². The molecule has 1 N–H and O–H groups in total. The van der Waals surface area contributed by atoms with Crippen molar-refractivity contribution in [2.24, 2.45) is 0 Å². The molecule has 0 fully saturated rings. The summed E-state index contributed by atoms with van der Waals surface area (Å²) in [7, 11) is 0. The number of nitriles is 1. The normalized spacial score (nSPS) is 10.3. The second kappa shape index (κ2) is 6.94. The van der Waals surface area contributed by atoms with Gasteiger partial charge in [-0.05, 0) is 24.6 Å². The molecule has 108 valence electrons. The van der Waals surface area contributed by atoms with E-state index in [1.165, 1.54) is 23.1 Å². The molecule has 4 nitrogen and oxygen atoms in total. The lowest BCUT2D eigenvalue weighted by molar-refractivity contribution is -0.136. The molecule has 0 saturated heterocycles. The molecule has 2 aromatic rings. The van der Waals surface area contributed by atoms with Gasteiger partial charge in [0.05, 0.1) is 23.7 Å². The molecule has 0 saturated carbocycles. The standard InChI is InChI=1S/C14H11ClN2O2S2/c1-8-12(5-13(18)19)21-14(17-8)20-7-10-3-2-9(6-16)4-11(10)15/h2-4H,5,7H2,1H3,(H,18,19). The maximum absolute atomic E-state index is 10.7. The van der Waals surface area contributed by atoms with E-state index in [2.05, 4.69) is 4.98 Å². The first kappa shape index (κ1) is 15.8. The fraction of sp³-hybridized carbons (Fsp3) is 0.214. The minimum atomic E-state index is -0.853. The Balaban J connectivity index is 2.07. The SMILES string of the molecule is Cc1nc(SCc2ccc(C#N)cc2Cl)sc1CC(=O)O. The van der Waals surface area contributed by atoms with Crippen molar-refractivity contribution in [3.63, 3.8) is 0 Å². The second-order valence-electron chi connectivity index (χ2n) is 4.27. The van der Waals surface area contributed by atoms with Gasteiger partial charge in [-0.25, -0.2) is 4.98 Å². The third kappa shape index (κ3) is 4.21. The van der Waals surface area contributed by atoms with Crippen molar-refractivity contribution in [2.45, 2.75) is 23.4 Å². The lowest BCUT2D eigenvalue weighted by Crippen LogP contribution is -1.99. The Morgan fingerprint density at radius 2 is 2.33 bits per heavy atom. The van der Waals surface area contributed by atoms with Crippen LogP contribution in [-0.2, 0) is 17.0 Å². The van der Waals surface area contributed by atoms with Crippen LogP contribution in [0, 0.1) is 18.3 Å². The molecule has 0 aliphatic carbocycles. The van der Waals surface area contributed by atoms with Crippen LogP contribution in [0.25, 0.3) is 0 Å². The van der Waals surface area contributed by atoms with Crippen molar-refractivity contribution in [1.29, 1.82) is 5.26 Å². The number of nitrogens with zero attached hydrogens (tertiary/aromatic N) is 2. The number of aromatic nitrogens is 1. The third-order valence-corrected chi connectivity index (χ3v) is 5.42. The average Bonchev–Trinajstić information content (AvgIpc) is 2.77. The Labute approximate surface area is 135 Å². The molecule has 0 amide bonds. The number of halogens is 1. The van der Waals surface area contributed by atoms with E-state index in [0.717, 1.165) is 20.5 Å². The van der Waals surface area contributed by atoms with Crippen LogP contribution < -0.4 is 0 Å². The van der Waals surface area contributed by atoms with Gasteiger partial charge >= 0.3 is 5.97 Å². The monoisotopic (exact) mass is 338 g/mol. The second-order valence-corrected chi connectivity index (χ2v) is 6.98. The lowest BCUT2D eigenvalue weighted by Gasteiger charge is -2.02. The van der Waals surface area contributed by atoms with Crippen molar-refractivity contribution >= 4 is 40.7 Å². The molecular weight excluding hydrogens is 328 g/mol. The number of hydrogen-bond acceptors (Lipinski definition) is 5. The molecule has 2 rings (SSSR count). The van der Waals surface area contributed by atoms with Crippen molar-refractivity contribution in [3.05, 3.63) is 44.9 Å². The predicted molar refractivity (Wildman–Crippen MR) is 83.9 cm³/mol. The summed E-state index contributed by atoms with van der Waals surface area (Å²) in [5.41, 5.74) is 2.21. The summed E-state index contributed by atoms with van der Waals surface area (Å²) in [6.45, 7) is 1.81. The van der Waals surface area contributed by atoms with E-state index < -0.39 is 5.97 Å². The van der Waals surface area contributed by atoms with Gasteiger partial charge in [0.25, 0.3) is 0 Å². The van der Waals surface area contributed by atoms with Gasteiger partial charge < -0.3 is 5.11 Å². The van der Waals surface area contributed by atoms with Crippen LogP contribution in [-0.4, -0.2) is 16.1 Å². The number of thioether (sulfide) groups is 1. The van der Waals surface area contributed by atoms with Crippen LogP contribution in [0.3, 0.4) is 0 Å². The van der Waals surface area contributed by atoms with Gasteiger partial charge in [0.15, 0.2) is 4.34 Å². The fourth-order valence-corrected chi connectivity index (χ4v) is 4.19. The number of hydrogen-bond donors (Lipinski definition) is 1. The largest absolute Gasteiger partial charge is 0.481 e. The van der Waals surface area contributed by atoms with Gasteiger partial charge in [-0.3, -0.25) is 4.79 Å². The van der Waals surface area contributed by atoms with Crippen LogP contribution in [0.4, 0.5) is 0 Å². The van der Waals surface area contributed by atoms with E-state index in [9.17, 15) is 4.79 Å². The molecule has 0 atom stereocenters. The summed E-state index contributed by atoms with van der Waals surface area (Å²) in [6, 6.07) is 7.23. The zero-order chi connectivity index (χ0) is 15.4. The van der Waals surface area contributed by atoms with Crippen molar-refractivity contribution in [3.8, 4) is 6.07 Å². The molecule has 21 heavy (non-hydrogen) atoms. The van der Waals surface area contributed by atoms with E-state index in [1.54, 1.807) is 12.1 Å². The first-order chi connectivity index (χ1) is 9.99. The van der Waals surface area contributed by atoms with Crippen molar-refractivity contribution in [2.75, 3.05) is 0 Å². The van der Waals surface area contributed by atoms with Crippen molar-refractivity contribution in [1.82, 2.24) is 4.98 Å². The Morgan fingerprint density at radius 3 is 2.95 bits per heavy atom. The molecule has 0 radical (unpaired) electrons. The highest BCUT2D eigenvalue weighted by molar-refractivity contribution is 8.00. The maximum atomic E-state index is 10.7. The third-order valence-electron chi connectivity index (χ3n) is 2.72. The first-order valence-corrected chi connectivity index (χ1v) is 8.17. The molecule has 0 unspecified atom stereocenters. The van der Waals surface area contributed by atoms with Gasteiger partial charge in [-0.15, -0.1) is 11.3 Å². The minimum absolute atomic E-state index is 0.00167. The highest BCUT2D eigenvalue weighted by atomic mass is 35.5. The Morgan fingerprint density at radius 1 is 1.57 bits per heavy atom. The lowest BCUT2D eigenvalue weighted by atomic mass is 10.2. The van der Waals surface area contributed by atoms with E-state index in [1.807, 2.05) is 19.1 Å². The van der Waals surface area contributed by atoms with Crippen LogP contribution in [0.5, 0.6) is 0 Å². The number of carboxylic acid groups (broad SMARTS) is 1. The van der Waals surface area contributed by atoms with Crippen LogP contribution in [0.2, 0.25) is 5.02 Å². The van der Waals surface area contributed by atoms with Gasteiger partial charge in [0.2, 0.25) is 0 Å². The zero-order valence-corrected chi connectivity index (χ0v) is 13.5. The van der Waals surface area contributed by atoms with E-state index in [4.69, 9.17) is 22.0 Å². The molecule has 1 aromatic heterocycles. The number of thiazole rings is 1. The summed E-state index contributed by atoms with van der Waals surface area (Å²) in [5.74, 6) is -0.224. The molecular formula is C14H11ClN2O2S2. The van der Waals surface area contributed by atoms with E-state index >= 15 is 0 Å². The summed E-state index contributed by atoms with van der Waals surface area (Å²) in [4.78, 5) is 15.9. The van der Waals surface area contributed by atoms with Gasteiger partial charge in [-0.1, -0.05) is 29.4 Å². The molecule has 1 heterocycles. The van der Waals surface area contributed by atoms with Gasteiger partial charge in [-0.2, -0.15) is 5.26 Å². The van der Waals surface area contributed by atoms with Crippen LogP contribution in [0.15, 0.2) is 22.5 Å². The summed E-state index contributed by atoms with van der Waals surface area (Å²) >= 11 is 9.03. The highest BCUT2D eigenvalue weighted by Crippen LogP contribution is 2.32. The molecule has 1 aromatic carbocycles. The van der Waals surface area contributed by atoms with E-state index in [0.29, 0.717) is 16.3 Å². The topological polar surface area (TPSA) is 74.0 Å². The summed E-state index contributed by atoms with van der Waals surface area (Å²) < 4.78 is 0.823. The minimum Gasteiger partial charge on any atom is -0.481 e. The van der Waals surface area contributed by atoms with Gasteiger partial charge in [0.1, 0.15) is 0 Å². The Hall–Kier alpha value is -1.55. The number of aryl methyl sites for hydroxylation is 1. The predicted octanol–water partition coefficient (Wildman–Crippen LogP) is 3.90. The van der Waals surface area contributed by atoms with Gasteiger partial charge in [0, 0.05) is 15.7 Å². The average molecular weight is 339 g/mol. The number of aliphatic carboxylic acids is 1. The number of rotatable bonds is 5. The molecule has 0 aliphatic rings. The zero-order valence-electron chi connectivity index (χ0n) is 11.1. The highest BCUT2D eigenvalue weighted by Gasteiger charge is 2.12. The summed E-state index contributed by atoms with van der Waals surface area (Å²) in [6.07, 6.45) is 0.00167. The molecule has 7 heteroatoms. The number of benzene rings is 1. The molecule has 0 bridgehead atoms. The van der Waals surface area contributed by atoms with Crippen LogP contribution in [0.1, 0.15) is 21.7 Å². The smallest absolute Gasteiger partial charge is 0.308 e. The summed E-state index contributed by atoms with van der Waals surface area (Å²) in [5, 5.41) is 18.2. The Kier molecular flexibility index (Phi) is 5.23. The quantitative estimate of drug-likeness (QED) is 0.837. The fourth-order valence-electron chi connectivity index (χ4n) is 1.64. The van der Waals surface area contributed by atoms with Crippen molar-refractivity contribution < 1.29 is 9.90 Å².